The van der Waals surface area contributed by atoms with E-state index in [0.717, 1.165) is 11.8 Å². The van der Waals surface area contributed by atoms with Gasteiger partial charge in [0, 0.05) is 21.8 Å². The number of thioether (sulfide) groups is 1. The van der Waals surface area contributed by atoms with Crippen LogP contribution in [-0.2, 0) is 6.67 Å². The molecule has 3 unspecified atom stereocenters. The highest BCUT2D eigenvalue weighted by Crippen LogP contribution is 2.48. The molecule has 7 heteroatoms. The number of halogens is 4. The average Bonchev–Trinajstić information content (AvgIpc) is 2.82. The smallest absolute Gasteiger partial charge is 0.178 e. The lowest BCUT2D eigenvalue weighted by atomic mass is 9.91. The molecule has 1 aromatic rings. The fourth-order valence-electron chi connectivity index (χ4n) is 2.69. The highest BCUT2D eigenvalue weighted by atomic mass is 32.2. The van der Waals surface area contributed by atoms with Gasteiger partial charge in [-0.1, -0.05) is 6.08 Å². The molecule has 1 aliphatic heterocycles. The number of ether oxygens (including phenoxy) is 1. The second-order valence-electron chi connectivity index (χ2n) is 5.81. The number of hydrogen-bond acceptors (Lipinski definition) is 3. The first-order valence-corrected chi connectivity index (χ1v) is 8.63. The summed E-state index contributed by atoms with van der Waals surface area (Å²) in [6.45, 7) is -2.38. The molecule has 0 amide bonds. The molecule has 2 nitrogen and oxygen atoms in total. The maximum Gasteiger partial charge on any atom is 0.178 e. The Morgan fingerprint density at radius 1 is 1.28 bits per heavy atom. The summed E-state index contributed by atoms with van der Waals surface area (Å²) in [5, 5.41) is 10.3. The Bertz CT molecular complexity index is 747. The zero-order valence-electron chi connectivity index (χ0n) is 13.1. The molecule has 0 saturated heterocycles. The number of rotatable bonds is 4. The van der Waals surface area contributed by atoms with Gasteiger partial charge in [-0.15, -0.1) is 11.8 Å². The lowest BCUT2D eigenvalue weighted by Gasteiger charge is -2.35. The predicted octanol–water partition coefficient (Wildman–Crippen LogP) is 4.70. The fourth-order valence-corrected chi connectivity index (χ4v) is 3.87. The van der Waals surface area contributed by atoms with E-state index in [9.17, 15) is 22.7 Å². The van der Waals surface area contributed by atoms with E-state index in [0.29, 0.717) is 4.90 Å². The van der Waals surface area contributed by atoms with Crippen molar-refractivity contribution in [2.75, 3.05) is 12.4 Å². The normalized spacial score (nSPS) is 28.3. The van der Waals surface area contributed by atoms with Crippen molar-refractivity contribution in [1.82, 2.24) is 0 Å². The standard InChI is InChI=1S/C18H16F4O2S/c19-8-13-14(24-12-3-1-2-11(21)4-5-12)6-7-15-16(13)17(23)18(22,9-20)10-25-15/h1-7,11,17,23H,8-10H2. The van der Waals surface area contributed by atoms with Crippen molar-refractivity contribution in [3.63, 3.8) is 0 Å². The van der Waals surface area contributed by atoms with E-state index < -0.39 is 31.3 Å². The second kappa shape index (κ2) is 7.25. The molecule has 0 bridgehead atoms. The Morgan fingerprint density at radius 2 is 2.08 bits per heavy atom. The van der Waals surface area contributed by atoms with Crippen molar-refractivity contribution in [3.05, 3.63) is 59.4 Å². The molecular weight excluding hydrogens is 356 g/mol. The summed E-state index contributed by atoms with van der Waals surface area (Å²) in [5.74, 6) is 0.0896. The molecule has 0 radical (unpaired) electrons. The molecule has 3 atom stereocenters. The van der Waals surface area contributed by atoms with Crippen LogP contribution in [0.15, 0.2) is 53.2 Å². The van der Waals surface area contributed by atoms with Gasteiger partial charge in [0.05, 0.1) is 0 Å². The summed E-state index contributed by atoms with van der Waals surface area (Å²) >= 11 is 1.03. The van der Waals surface area contributed by atoms with E-state index in [2.05, 4.69) is 0 Å². The van der Waals surface area contributed by atoms with Gasteiger partial charge in [0.2, 0.25) is 0 Å². The maximum atomic E-state index is 14.5. The number of aliphatic hydroxyl groups excluding tert-OH is 1. The topological polar surface area (TPSA) is 29.5 Å². The zero-order valence-corrected chi connectivity index (χ0v) is 13.9. The van der Waals surface area contributed by atoms with Gasteiger partial charge in [-0.2, -0.15) is 0 Å². The van der Waals surface area contributed by atoms with Crippen LogP contribution in [-0.4, -0.2) is 29.4 Å². The molecule has 1 aliphatic carbocycles. The third-order valence-corrected chi connectivity index (χ3v) is 5.38. The molecule has 1 aromatic carbocycles. The highest BCUT2D eigenvalue weighted by Gasteiger charge is 2.45. The van der Waals surface area contributed by atoms with Crippen molar-refractivity contribution in [2.45, 2.75) is 29.5 Å². The van der Waals surface area contributed by atoms with E-state index >= 15 is 0 Å². The number of alkyl halides is 4. The summed E-state index contributed by atoms with van der Waals surface area (Å²) in [5.41, 5.74) is -2.49. The molecule has 2 aliphatic rings. The van der Waals surface area contributed by atoms with Crippen LogP contribution in [0.2, 0.25) is 0 Å². The number of allylic oxidation sites excluding steroid dienone is 5. The molecule has 0 saturated carbocycles. The molecule has 25 heavy (non-hydrogen) atoms. The Morgan fingerprint density at radius 3 is 2.80 bits per heavy atom. The number of hydrogen-bond donors (Lipinski definition) is 1. The molecular formula is C18H16F4O2S. The van der Waals surface area contributed by atoms with Crippen LogP contribution in [0.3, 0.4) is 0 Å². The van der Waals surface area contributed by atoms with E-state index in [1.807, 2.05) is 0 Å². The van der Waals surface area contributed by atoms with Crippen LogP contribution in [0.4, 0.5) is 17.6 Å². The first-order chi connectivity index (χ1) is 12.0. The Kier molecular flexibility index (Phi) is 5.24. The van der Waals surface area contributed by atoms with Gasteiger partial charge < -0.3 is 9.84 Å². The van der Waals surface area contributed by atoms with E-state index in [4.69, 9.17) is 4.74 Å². The summed E-state index contributed by atoms with van der Waals surface area (Å²) < 4.78 is 60.1. The number of fused-ring (bicyclic) bond motifs is 1. The lowest BCUT2D eigenvalue weighted by molar-refractivity contribution is -0.0149. The van der Waals surface area contributed by atoms with Gasteiger partial charge in [0.15, 0.2) is 5.67 Å². The van der Waals surface area contributed by atoms with Gasteiger partial charge in [-0.3, -0.25) is 0 Å². The third kappa shape index (κ3) is 3.48. The first kappa shape index (κ1) is 18.1. The molecule has 0 aromatic heterocycles. The van der Waals surface area contributed by atoms with Gasteiger partial charge in [0.1, 0.15) is 37.1 Å². The largest absolute Gasteiger partial charge is 0.457 e. The summed E-state index contributed by atoms with van der Waals surface area (Å²) in [6.07, 6.45) is 3.92. The van der Waals surface area contributed by atoms with Gasteiger partial charge in [0.25, 0.3) is 0 Å². The quantitative estimate of drug-likeness (QED) is 0.777. The van der Waals surface area contributed by atoms with Crippen molar-refractivity contribution in [2.24, 2.45) is 0 Å². The minimum absolute atomic E-state index is 0.00788. The first-order valence-electron chi connectivity index (χ1n) is 7.64. The third-order valence-electron chi connectivity index (χ3n) is 4.09. The minimum Gasteiger partial charge on any atom is -0.457 e. The maximum absolute atomic E-state index is 14.5. The SMILES string of the molecule is OC1c2c(ccc(OC3=CC=CC(F)C=C3)c2CF)SCC1(F)CF. The van der Waals surface area contributed by atoms with E-state index in [-0.39, 0.29) is 28.4 Å². The Hall–Kier alpha value is -1.73. The van der Waals surface area contributed by atoms with Crippen LogP contribution >= 0.6 is 11.8 Å². The fraction of sp³-hybridized carbons (Fsp3) is 0.333. The average molecular weight is 372 g/mol. The van der Waals surface area contributed by atoms with Crippen molar-refractivity contribution >= 4 is 11.8 Å². The second-order valence-corrected chi connectivity index (χ2v) is 6.82. The summed E-state index contributed by atoms with van der Waals surface area (Å²) in [6, 6.07) is 3.08. The van der Waals surface area contributed by atoms with Gasteiger partial charge >= 0.3 is 0 Å². The van der Waals surface area contributed by atoms with Crippen LogP contribution in [0, 0.1) is 0 Å². The summed E-state index contributed by atoms with van der Waals surface area (Å²) in [7, 11) is 0. The number of benzene rings is 1. The minimum atomic E-state index is -2.47. The van der Waals surface area contributed by atoms with Gasteiger partial charge in [-0.05, 0) is 36.4 Å². The Labute approximate surface area is 146 Å². The van der Waals surface area contributed by atoms with E-state index in [1.165, 1.54) is 36.4 Å². The molecule has 3 rings (SSSR count). The molecule has 1 heterocycles. The monoisotopic (exact) mass is 372 g/mol. The predicted molar refractivity (Wildman–Crippen MR) is 88.6 cm³/mol. The highest BCUT2D eigenvalue weighted by molar-refractivity contribution is 7.99. The zero-order chi connectivity index (χ0) is 18.0. The van der Waals surface area contributed by atoms with Crippen molar-refractivity contribution in [3.8, 4) is 5.75 Å². The van der Waals surface area contributed by atoms with Crippen LogP contribution < -0.4 is 4.74 Å². The van der Waals surface area contributed by atoms with Crippen molar-refractivity contribution in [1.29, 1.82) is 0 Å². The lowest BCUT2D eigenvalue weighted by Crippen LogP contribution is -2.40. The Balaban J connectivity index is 1.99. The molecule has 1 N–H and O–H groups in total. The number of aliphatic hydroxyl groups is 1. The summed E-state index contributed by atoms with van der Waals surface area (Å²) in [4.78, 5) is 0.489. The van der Waals surface area contributed by atoms with Crippen LogP contribution in [0.25, 0.3) is 0 Å². The molecule has 0 fully saturated rings. The van der Waals surface area contributed by atoms with Crippen LogP contribution in [0.1, 0.15) is 17.2 Å². The molecule has 134 valence electrons. The van der Waals surface area contributed by atoms with E-state index in [1.54, 1.807) is 6.07 Å². The van der Waals surface area contributed by atoms with Gasteiger partial charge in [-0.25, -0.2) is 17.6 Å². The van der Waals surface area contributed by atoms with Crippen LogP contribution in [0.5, 0.6) is 5.75 Å². The van der Waals surface area contributed by atoms with Crippen molar-refractivity contribution < 1.29 is 27.4 Å². The molecule has 0 spiro atoms.